The van der Waals surface area contributed by atoms with Crippen LogP contribution in [0, 0.1) is 11.3 Å². The van der Waals surface area contributed by atoms with Crippen LogP contribution in [0.5, 0.6) is 11.5 Å². The Kier molecular flexibility index (Phi) is 7.22. The summed E-state index contributed by atoms with van der Waals surface area (Å²) in [5.74, 6) is 1.04. The summed E-state index contributed by atoms with van der Waals surface area (Å²) >= 11 is 0. The van der Waals surface area contributed by atoms with Crippen molar-refractivity contribution in [2.24, 2.45) is 0 Å². The minimum Gasteiger partial charge on any atom is -0.497 e. The molecule has 0 fully saturated rings. The number of hydrogen-bond donors (Lipinski definition) is 1. The van der Waals surface area contributed by atoms with Gasteiger partial charge in [-0.3, -0.25) is 4.79 Å². The lowest BCUT2D eigenvalue weighted by Gasteiger charge is -2.08. The number of carbonyl (C=O) groups excluding carboxylic acids is 1. The summed E-state index contributed by atoms with van der Waals surface area (Å²) in [6.45, 7) is 0.778. The first-order valence-corrected chi connectivity index (χ1v) is 10.9. The molecule has 5 heteroatoms. The number of fused-ring (bicyclic) bond motifs is 1. The molecule has 34 heavy (non-hydrogen) atoms. The highest BCUT2D eigenvalue weighted by Crippen LogP contribution is 2.19. The third-order valence-corrected chi connectivity index (χ3v) is 5.39. The Labute approximate surface area is 198 Å². The normalized spacial score (nSPS) is 11.0. The zero-order valence-corrected chi connectivity index (χ0v) is 18.8. The van der Waals surface area contributed by atoms with Crippen LogP contribution in [0.4, 0.5) is 0 Å². The summed E-state index contributed by atoms with van der Waals surface area (Å²) in [6.07, 6.45) is 1.57. The summed E-state index contributed by atoms with van der Waals surface area (Å²) in [7, 11) is 1.60. The Morgan fingerprint density at radius 2 is 1.56 bits per heavy atom. The van der Waals surface area contributed by atoms with Gasteiger partial charge in [0.15, 0.2) is 0 Å². The van der Waals surface area contributed by atoms with Crippen molar-refractivity contribution < 1.29 is 14.3 Å². The minimum absolute atomic E-state index is 0.0401. The van der Waals surface area contributed by atoms with Crippen molar-refractivity contribution in [3.05, 3.63) is 113 Å². The van der Waals surface area contributed by atoms with Crippen LogP contribution in [-0.4, -0.2) is 13.0 Å². The van der Waals surface area contributed by atoms with E-state index >= 15 is 0 Å². The summed E-state index contributed by atoms with van der Waals surface area (Å²) in [5.41, 5.74) is 2.79. The first-order valence-electron chi connectivity index (χ1n) is 10.9. The van der Waals surface area contributed by atoms with Gasteiger partial charge in [-0.2, -0.15) is 5.26 Å². The number of ether oxygens (including phenoxy) is 2. The quantitative estimate of drug-likeness (QED) is 0.279. The highest BCUT2D eigenvalue weighted by molar-refractivity contribution is 6.01. The average Bonchev–Trinajstić information content (AvgIpc) is 2.90. The highest BCUT2D eigenvalue weighted by atomic mass is 16.5. The van der Waals surface area contributed by atoms with Gasteiger partial charge >= 0.3 is 0 Å². The number of methoxy groups -OCH3 is 1. The Bertz CT molecular complexity index is 1350. The monoisotopic (exact) mass is 448 g/mol. The van der Waals surface area contributed by atoms with Crippen LogP contribution >= 0.6 is 0 Å². The second kappa shape index (κ2) is 10.8. The van der Waals surface area contributed by atoms with Gasteiger partial charge < -0.3 is 14.8 Å². The molecule has 1 N–H and O–H groups in total. The maximum atomic E-state index is 12.4. The van der Waals surface area contributed by atoms with E-state index in [9.17, 15) is 10.1 Å². The molecule has 0 aromatic heterocycles. The van der Waals surface area contributed by atoms with Crippen molar-refractivity contribution in [3.63, 3.8) is 0 Å². The lowest BCUT2D eigenvalue weighted by molar-refractivity contribution is -0.117. The fourth-order valence-electron chi connectivity index (χ4n) is 3.49. The molecule has 4 aromatic carbocycles. The number of nitrogens with zero attached hydrogens (tertiary/aromatic N) is 1. The molecule has 0 aliphatic rings. The maximum Gasteiger partial charge on any atom is 0.262 e. The molecule has 168 valence electrons. The maximum absolute atomic E-state index is 12.4. The van der Waals surface area contributed by atoms with Gasteiger partial charge in [-0.1, -0.05) is 60.7 Å². The Morgan fingerprint density at radius 3 is 2.26 bits per heavy atom. The van der Waals surface area contributed by atoms with Crippen molar-refractivity contribution in [3.8, 4) is 17.6 Å². The number of nitriles is 1. The third kappa shape index (κ3) is 5.81. The first-order chi connectivity index (χ1) is 16.6. The molecular formula is C29H24N2O3. The van der Waals surface area contributed by atoms with Crippen LogP contribution in [0.1, 0.15) is 16.7 Å². The van der Waals surface area contributed by atoms with E-state index in [1.54, 1.807) is 13.2 Å². The summed E-state index contributed by atoms with van der Waals surface area (Å²) < 4.78 is 11.0. The molecule has 0 bridgehead atoms. The van der Waals surface area contributed by atoms with Crippen molar-refractivity contribution in [2.75, 3.05) is 7.11 Å². The first kappa shape index (κ1) is 22.6. The fraction of sp³-hybridized carbons (Fsp3) is 0.103. The van der Waals surface area contributed by atoms with Crippen LogP contribution in [0.15, 0.2) is 96.6 Å². The van der Waals surface area contributed by atoms with E-state index in [1.807, 2.05) is 66.7 Å². The van der Waals surface area contributed by atoms with Crippen LogP contribution in [0.25, 0.3) is 16.8 Å². The van der Waals surface area contributed by atoms with E-state index in [0.29, 0.717) is 18.9 Å². The minimum atomic E-state index is -0.421. The third-order valence-electron chi connectivity index (χ3n) is 5.39. The average molecular weight is 449 g/mol. The van der Waals surface area contributed by atoms with Crippen LogP contribution < -0.4 is 14.8 Å². The number of benzene rings is 4. The molecular weight excluding hydrogens is 424 g/mol. The number of nitrogens with one attached hydrogen (secondary N) is 1. The largest absolute Gasteiger partial charge is 0.497 e. The van der Waals surface area contributed by atoms with E-state index in [1.165, 1.54) is 10.8 Å². The van der Waals surface area contributed by atoms with Gasteiger partial charge in [0.1, 0.15) is 29.7 Å². The van der Waals surface area contributed by atoms with Gasteiger partial charge in [-0.25, -0.2) is 0 Å². The Hall–Kier alpha value is -4.56. The predicted octanol–water partition coefficient (Wildman–Crippen LogP) is 5.65. The van der Waals surface area contributed by atoms with Gasteiger partial charge in [0.25, 0.3) is 5.91 Å². The molecule has 0 saturated carbocycles. The van der Waals surface area contributed by atoms with Crippen LogP contribution in [0.2, 0.25) is 0 Å². The lowest BCUT2D eigenvalue weighted by atomic mass is 10.1. The number of hydrogen-bond acceptors (Lipinski definition) is 4. The molecule has 0 heterocycles. The molecule has 5 nitrogen and oxygen atoms in total. The van der Waals surface area contributed by atoms with E-state index in [0.717, 1.165) is 22.4 Å². The molecule has 0 atom stereocenters. The second-order valence-electron chi connectivity index (χ2n) is 7.74. The van der Waals surface area contributed by atoms with Crippen molar-refractivity contribution >= 4 is 22.8 Å². The zero-order valence-electron chi connectivity index (χ0n) is 18.8. The summed E-state index contributed by atoms with van der Waals surface area (Å²) in [4.78, 5) is 12.4. The van der Waals surface area contributed by atoms with Gasteiger partial charge in [-0.15, -0.1) is 0 Å². The molecule has 0 aliphatic heterocycles. The van der Waals surface area contributed by atoms with E-state index < -0.39 is 5.91 Å². The molecule has 0 spiro atoms. The van der Waals surface area contributed by atoms with Gasteiger partial charge in [0, 0.05) is 6.54 Å². The molecule has 1 amide bonds. The van der Waals surface area contributed by atoms with Gasteiger partial charge in [-0.05, 0) is 63.9 Å². The Morgan fingerprint density at radius 1 is 0.882 bits per heavy atom. The number of rotatable bonds is 8. The molecule has 0 aliphatic carbocycles. The van der Waals surface area contributed by atoms with Crippen molar-refractivity contribution in [1.82, 2.24) is 5.32 Å². The lowest BCUT2D eigenvalue weighted by Crippen LogP contribution is -2.23. The standard InChI is InChI=1S/C29H24N2O3/c1-33-27-12-9-22(10-13-27)19-31-29(32)26(18-30)16-21-7-14-28(15-8-21)34-20-23-6-11-24-4-2-3-5-25(24)17-23/h2-17H,19-20H2,1H3,(H,31,32)/b26-16+. The summed E-state index contributed by atoms with van der Waals surface area (Å²) in [5, 5.41) is 14.6. The van der Waals surface area contributed by atoms with E-state index in [2.05, 4.69) is 35.6 Å². The smallest absolute Gasteiger partial charge is 0.262 e. The highest BCUT2D eigenvalue weighted by Gasteiger charge is 2.09. The molecule has 4 rings (SSSR count). The second-order valence-corrected chi connectivity index (χ2v) is 7.74. The van der Waals surface area contributed by atoms with Crippen LogP contribution in [-0.2, 0) is 17.9 Å². The predicted molar refractivity (Wildman–Crippen MR) is 133 cm³/mol. The van der Waals surface area contributed by atoms with Gasteiger partial charge in [0.2, 0.25) is 0 Å². The molecule has 0 radical (unpaired) electrons. The molecule has 0 unspecified atom stereocenters. The Balaban J connectivity index is 1.34. The number of amides is 1. The van der Waals surface area contributed by atoms with Crippen molar-refractivity contribution in [2.45, 2.75) is 13.2 Å². The summed E-state index contributed by atoms with van der Waals surface area (Å²) in [6, 6.07) is 31.2. The number of carbonyl (C=O) groups is 1. The van der Waals surface area contributed by atoms with Gasteiger partial charge in [0.05, 0.1) is 7.11 Å². The molecule has 0 saturated heterocycles. The fourth-order valence-corrected chi connectivity index (χ4v) is 3.49. The van der Waals surface area contributed by atoms with Crippen LogP contribution in [0.3, 0.4) is 0 Å². The van der Waals surface area contributed by atoms with E-state index in [4.69, 9.17) is 9.47 Å². The topological polar surface area (TPSA) is 71.3 Å². The SMILES string of the molecule is COc1ccc(CNC(=O)/C(C#N)=C/c2ccc(OCc3ccc4ccccc4c3)cc2)cc1. The van der Waals surface area contributed by atoms with Crippen molar-refractivity contribution in [1.29, 1.82) is 5.26 Å². The molecule has 4 aromatic rings. The van der Waals surface area contributed by atoms with E-state index in [-0.39, 0.29) is 5.57 Å². The zero-order chi connectivity index (χ0) is 23.8.